The Kier molecular flexibility index (Phi) is 3.99. The van der Waals surface area contributed by atoms with E-state index in [0.717, 1.165) is 0 Å². The second kappa shape index (κ2) is 4.78. The summed E-state index contributed by atoms with van der Waals surface area (Å²) in [5.41, 5.74) is 22.4. The van der Waals surface area contributed by atoms with E-state index in [2.05, 4.69) is 10.2 Å². The summed E-state index contributed by atoms with van der Waals surface area (Å²) >= 11 is 0. The standard InChI is InChI=1S/C7H16N6O2P2/c1-5-6(12-16(8,9)14)3-2-4-7(5)13-17(10,11)15/h2-4H,1H3,(H5,8,9,12,14)(H5,10,11,13,15). The molecule has 1 aromatic rings. The van der Waals surface area contributed by atoms with E-state index in [0.29, 0.717) is 16.9 Å². The molecule has 8 nitrogen and oxygen atoms in total. The lowest BCUT2D eigenvalue weighted by Gasteiger charge is -2.17. The van der Waals surface area contributed by atoms with Gasteiger partial charge in [0.1, 0.15) is 0 Å². The molecule has 0 saturated heterocycles. The number of nitrogens with two attached hydrogens (primary N) is 4. The van der Waals surface area contributed by atoms with Crippen LogP contribution < -0.4 is 32.2 Å². The van der Waals surface area contributed by atoms with Gasteiger partial charge in [-0.2, -0.15) is 0 Å². The molecule has 10 heteroatoms. The zero-order valence-corrected chi connectivity index (χ0v) is 11.0. The van der Waals surface area contributed by atoms with E-state index >= 15 is 0 Å². The van der Waals surface area contributed by atoms with Gasteiger partial charge < -0.3 is 10.2 Å². The van der Waals surface area contributed by atoms with Crippen LogP contribution in [0.25, 0.3) is 0 Å². The third kappa shape index (κ3) is 4.87. The van der Waals surface area contributed by atoms with E-state index in [1.165, 1.54) is 0 Å². The number of nitrogens with one attached hydrogen (secondary N) is 2. The summed E-state index contributed by atoms with van der Waals surface area (Å²) in [4.78, 5) is 0. The van der Waals surface area contributed by atoms with Crippen molar-refractivity contribution in [2.75, 3.05) is 10.2 Å². The molecule has 0 bridgehead atoms. The average molecular weight is 278 g/mol. The van der Waals surface area contributed by atoms with E-state index in [-0.39, 0.29) is 0 Å². The van der Waals surface area contributed by atoms with Crippen molar-refractivity contribution < 1.29 is 9.13 Å². The lowest BCUT2D eigenvalue weighted by atomic mass is 10.2. The van der Waals surface area contributed by atoms with Gasteiger partial charge in [-0.3, -0.25) is 31.1 Å². The van der Waals surface area contributed by atoms with Crippen molar-refractivity contribution in [2.45, 2.75) is 6.92 Å². The van der Waals surface area contributed by atoms with Crippen LogP contribution in [0.4, 0.5) is 11.4 Å². The van der Waals surface area contributed by atoms with Gasteiger partial charge in [0, 0.05) is 11.4 Å². The molecule has 1 aromatic carbocycles. The molecule has 0 aliphatic carbocycles. The molecular weight excluding hydrogens is 262 g/mol. The van der Waals surface area contributed by atoms with Crippen LogP contribution in [0.1, 0.15) is 5.56 Å². The van der Waals surface area contributed by atoms with E-state index in [9.17, 15) is 9.13 Å². The van der Waals surface area contributed by atoms with Gasteiger partial charge in [-0.25, -0.2) is 0 Å². The van der Waals surface area contributed by atoms with Crippen LogP contribution >= 0.6 is 15.2 Å². The Morgan fingerprint density at radius 2 is 1.29 bits per heavy atom. The van der Waals surface area contributed by atoms with Gasteiger partial charge in [0.2, 0.25) is 0 Å². The summed E-state index contributed by atoms with van der Waals surface area (Å²) in [6, 6.07) is 4.89. The van der Waals surface area contributed by atoms with Crippen LogP contribution in [-0.4, -0.2) is 0 Å². The van der Waals surface area contributed by atoms with Crippen LogP contribution in [0.15, 0.2) is 18.2 Å². The van der Waals surface area contributed by atoms with E-state index in [1.54, 1.807) is 25.1 Å². The maximum absolute atomic E-state index is 11.3. The highest BCUT2D eigenvalue weighted by atomic mass is 31.2. The predicted molar refractivity (Wildman–Crippen MR) is 70.4 cm³/mol. The highest BCUT2D eigenvalue weighted by molar-refractivity contribution is 7.60. The number of hydrogen-bond donors (Lipinski definition) is 6. The molecular formula is C7H16N6O2P2. The Morgan fingerprint density at radius 3 is 1.59 bits per heavy atom. The van der Waals surface area contributed by atoms with Gasteiger partial charge in [-0.1, -0.05) is 6.07 Å². The first kappa shape index (κ1) is 14.2. The van der Waals surface area contributed by atoms with Gasteiger partial charge in [0.25, 0.3) is 15.2 Å². The number of rotatable bonds is 4. The van der Waals surface area contributed by atoms with Crippen molar-refractivity contribution >= 4 is 26.6 Å². The molecule has 0 radical (unpaired) electrons. The minimum Gasteiger partial charge on any atom is -0.313 e. The van der Waals surface area contributed by atoms with Gasteiger partial charge in [-0.15, -0.1) is 0 Å². The monoisotopic (exact) mass is 278 g/mol. The minimum absolute atomic E-state index is 0.455. The minimum atomic E-state index is -3.39. The fourth-order valence-electron chi connectivity index (χ4n) is 1.25. The van der Waals surface area contributed by atoms with Crippen molar-refractivity contribution in [2.24, 2.45) is 22.0 Å². The van der Waals surface area contributed by atoms with Gasteiger partial charge >= 0.3 is 0 Å². The first-order chi connectivity index (χ1) is 7.58. The molecule has 0 aliphatic heterocycles. The van der Waals surface area contributed by atoms with Gasteiger partial charge in [0.15, 0.2) is 0 Å². The Bertz CT molecular complexity index is 465. The lowest BCUT2D eigenvalue weighted by Crippen LogP contribution is -2.16. The quantitative estimate of drug-likeness (QED) is 0.442. The molecule has 0 aromatic heterocycles. The summed E-state index contributed by atoms with van der Waals surface area (Å²) < 4.78 is 22.5. The van der Waals surface area contributed by atoms with E-state index in [1.807, 2.05) is 0 Å². The van der Waals surface area contributed by atoms with Gasteiger partial charge in [-0.05, 0) is 24.6 Å². The van der Waals surface area contributed by atoms with Crippen molar-refractivity contribution in [3.63, 3.8) is 0 Å². The zero-order valence-electron chi connectivity index (χ0n) is 9.25. The summed E-state index contributed by atoms with van der Waals surface area (Å²) in [5.74, 6) is 0. The van der Waals surface area contributed by atoms with E-state index in [4.69, 9.17) is 22.0 Å². The second-order valence-electron chi connectivity index (χ2n) is 3.62. The van der Waals surface area contributed by atoms with Crippen molar-refractivity contribution in [3.8, 4) is 0 Å². The summed E-state index contributed by atoms with van der Waals surface area (Å²) in [7, 11) is -6.79. The predicted octanol–water partition coefficient (Wildman–Crippen LogP) is 0.870. The molecule has 17 heavy (non-hydrogen) atoms. The molecule has 0 atom stereocenters. The van der Waals surface area contributed by atoms with Crippen molar-refractivity contribution in [1.29, 1.82) is 0 Å². The number of anilines is 2. The Morgan fingerprint density at radius 1 is 0.941 bits per heavy atom. The highest BCUT2D eigenvalue weighted by Gasteiger charge is 2.14. The normalized spacial score (nSPS) is 12.3. The average Bonchev–Trinajstić information content (AvgIpc) is 2.07. The van der Waals surface area contributed by atoms with Crippen molar-refractivity contribution in [3.05, 3.63) is 23.8 Å². The van der Waals surface area contributed by atoms with Crippen LogP contribution in [0, 0.1) is 6.92 Å². The topological polar surface area (TPSA) is 162 Å². The smallest absolute Gasteiger partial charge is 0.298 e. The molecule has 0 fully saturated rings. The first-order valence-electron chi connectivity index (χ1n) is 4.59. The molecule has 0 aliphatic rings. The number of hydrogen-bond acceptors (Lipinski definition) is 2. The van der Waals surface area contributed by atoms with Crippen molar-refractivity contribution in [1.82, 2.24) is 0 Å². The fraction of sp³-hybridized carbons (Fsp3) is 0.143. The van der Waals surface area contributed by atoms with Crippen LogP contribution in [0.5, 0.6) is 0 Å². The largest absolute Gasteiger partial charge is 0.313 e. The molecule has 0 heterocycles. The maximum Gasteiger partial charge on any atom is 0.298 e. The molecule has 0 amide bonds. The highest BCUT2D eigenvalue weighted by Crippen LogP contribution is 2.36. The first-order valence-corrected chi connectivity index (χ1v) is 8.28. The zero-order chi connectivity index (χ0) is 13.3. The van der Waals surface area contributed by atoms with Crippen LogP contribution in [0.2, 0.25) is 0 Å². The number of benzene rings is 1. The molecule has 0 unspecified atom stereocenters. The molecule has 1 rings (SSSR count). The SMILES string of the molecule is Cc1c(NP(N)(N)=O)cccc1NP(N)(N)=O. The third-order valence-corrected chi connectivity index (χ3v) is 3.10. The van der Waals surface area contributed by atoms with E-state index < -0.39 is 15.2 Å². The Hall–Kier alpha value is -0.880. The van der Waals surface area contributed by atoms with Crippen LogP contribution in [-0.2, 0) is 9.13 Å². The molecule has 0 spiro atoms. The summed E-state index contributed by atoms with van der Waals surface area (Å²) in [6.07, 6.45) is 0. The lowest BCUT2D eigenvalue weighted by molar-refractivity contribution is 0.579. The summed E-state index contributed by atoms with van der Waals surface area (Å²) in [6.45, 7) is 1.69. The Labute approximate surface area is 99.2 Å². The fourth-order valence-corrected chi connectivity index (χ4v) is 2.49. The molecule has 10 N–H and O–H groups in total. The maximum atomic E-state index is 11.3. The molecule has 0 saturated carbocycles. The van der Waals surface area contributed by atoms with Crippen LogP contribution in [0.3, 0.4) is 0 Å². The summed E-state index contributed by atoms with van der Waals surface area (Å²) in [5, 5.41) is 4.95. The second-order valence-corrected chi connectivity index (χ2v) is 6.91. The third-order valence-electron chi connectivity index (χ3n) is 1.92. The van der Waals surface area contributed by atoms with Gasteiger partial charge in [0.05, 0.1) is 0 Å². The molecule has 96 valence electrons. The Balaban J connectivity index is 3.08.